The van der Waals surface area contributed by atoms with Gasteiger partial charge in [0.25, 0.3) is 0 Å². The number of β-amino-alcohol motifs (C(OH)–C–C–N with tert-alkyl or cyclic N) is 1. The fraction of sp³-hybridized carbons (Fsp3) is 0.609. The summed E-state index contributed by atoms with van der Waals surface area (Å²) >= 11 is 0. The number of aliphatic hydroxyl groups is 1. The van der Waals surface area contributed by atoms with E-state index in [4.69, 9.17) is 4.74 Å². The van der Waals surface area contributed by atoms with Crippen molar-refractivity contribution >= 4 is 12.0 Å². The molecule has 1 aromatic rings. The number of hydrogen-bond acceptors (Lipinski definition) is 5. The number of nitrogens with zero attached hydrogens (tertiary/aromatic N) is 3. The third-order valence-corrected chi connectivity index (χ3v) is 6.12. The zero-order chi connectivity index (χ0) is 20.9. The van der Waals surface area contributed by atoms with Crippen molar-refractivity contribution in [2.45, 2.75) is 25.4 Å². The lowest BCUT2D eigenvalue weighted by Gasteiger charge is -2.49. The molecule has 29 heavy (non-hydrogen) atoms. The second-order valence-electron chi connectivity index (χ2n) is 8.81. The van der Waals surface area contributed by atoms with Crippen LogP contribution >= 0.6 is 0 Å². The first-order valence-electron chi connectivity index (χ1n) is 10.5. The highest BCUT2D eigenvalue weighted by molar-refractivity contribution is 5.78. The SMILES string of the molecule is COc1ccccc1/C=C/CN1CC(O)CC2(CCN(C(=O)CN(C)C)CC2)C1. The molecule has 2 aliphatic rings. The Balaban J connectivity index is 1.57. The van der Waals surface area contributed by atoms with E-state index in [1.54, 1.807) is 7.11 Å². The summed E-state index contributed by atoms with van der Waals surface area (Å²) in [6.07, 6.45) is 6.72. The van der Waals surface area contributed by atoms with E-state index in [1.807, 2.05) is 48.2 Å². The standard InChI is InChI=1S/C23H35N3O3/c1-24(2)17-22(28)26-13-10-23(11-14-26)15-20(27)16-25(18-23)12-6-8-19-7-4-5-9-21(19)29-3/h4-9,20,27H,10-18H2,1-3H3/b8-6+. The lowest BCUT2D eigenvalue weighted by molar-refractivity contribution is -0.135. The predicted molar refractivity (Wildman–Crippen MR) is 116 cm³/mol. The summed E-state index contributed by atoms with van der Waals surface area (Å²) in [5.41, 5.74) is 1.18. The van der Waals surface area contributed by atoms with Crippen LogP contribution in [0.2, 0.25) is 0 Å². The van der Waals surface area contributed by atoms with Crippen LogP contribution < -0.4 is 4.74 Å². The minimum absolute atomic E-state index is 0.116. The van der Waals surface area contributed by atoms with Gasteiger partial charge in [0.15, 0.2) is 0 Å². The van der Waals surface area contributed by atoms with Crippen LogP contribution in [0.15, 0.2) is 30.3 Å². The summed E-state index contributed by atoms with van der Waals surface area (Å²) < 4.78 is 5.41. The molecule has 2 heterocycles. The van der Waals surface area contributed by atoms with Gasteiger partial charge in [0, 0.05) is 38.3 Å². The van der Waals surface area contributed by atoms with E-state index in [-0.39, 0.29) is 17.4 Å². The summed E-state index contributed by atoms with van der Waals surface area (Å²) in [6.45, 7) is 4.56. The molecule has 2 fully saturated rings. The van der Waals surface area contributed by atoms with Crippen LogP contribution in [0.25, 0.3) is 6.08 Å². The number of carbonyl (C=O) groups is 1. The minimum atomic E-state index is -0.299. The average molecular weight is 402 g/mol. The van der Waals surface area contributed by atoms with Gasteiger partial charge >= 0.3 is 0 Å². The van der Waals surface area contributed by atoms with Gasteiger partial charge in [0.1, 0.15) is 5.75 Å². The number of rotatable bonds is 6. The van der Waals surface area contributed by atoms with E-state index in [2.05, 4.69) is 17.1 Å². The summed E-state index contributed by atoms with van der Waals surface area (Å²) in [5.74, 6) is 1.08. The Hall–Kier alpha value is -1.89. The number of piperidine rings is 2. The maximum Gasteiger partial charge on any atom is 0.236 e. The van der Waals surface area contributed by atoms with Crippen molar-refractivity contribution in [3.8, 4) is 5.75 Å². The number of ether oxygens (including phenoxy) is 1. The molecule has 0 aromatic heterocycles. The Bertz CT molecular complexity index is 711. The van der Waals surface area contributed by atoms with E-state index in [1.165, 1.54) is 0 Å². The van der Waals surface area contributed by atoms with Crippen molar-refractivity contribution in [3.05, 3.63) is 35.9 Å². The maximum absolute atomic E-state index is 12.3. The quantitative estimate of drug-likeness (QED) is 0.790. The van der Waals surface area contributed by atoms with Gasteiger partial charge < -0.3 is 19.6 Å². The molecule has 3 rings (SSSR count). The first kappa shape index (κ1) is 21.8. The zero-order valence-electron chi connectivity index (χ0n) is 18.0. The molecule has 6 nitrogen and oxygen atoms in total. The number of likely N-dealkylation sites (N-methyl/N-ethyl adjacent to an activating group) is 1. The van der Waals surface area contributed by atoms with Crippen LogP contribution in [0, 0.1) is 5.41 Å². The molecule has 0 aliphatic carbocycles. The molecule has 0 radical (unpaired) electrons. The molecule has 6 heteroatoms. The molecule has 1 atom stereocenters. The van der Waals surface area contributed by atoms with Crippen molar-refractivity contribution in [2.24, 2.45) is 5.41 Å². The number of methoxy groups -OCH3 is 1. The third-order valence-electron chi connectivity index (χ3n) is 6.12. The molecular formula is C23H35N3O3. The normalized spacial score (nSPS) is 22.5. The largest absolute Gasteiger partial charge is 0.496 e. The lowest BCUT2D eigenvalue weighted by Crippen LogP contribution is -2.55. The summed E-state index contributed by atoms with van der Waals surface area (Å²) in [5, 5.41) is 10.5. The Labute approximate surface area is 174 Å². The summed E-state index contributed by atoms with van der Waals surface area (Å²) in [7, 11) is 5.54. The van der Waals surface area contributed by atoms with Gasteiger partial charge in [0.05, 0.1) is 19.8 Å². The van der Waals surface area contributed by atoms with Gasteiger partial charge in [-0.1, -0.05) is 30.4 Å². The van der Waals surface area contributed by atoms with Gasteiger partial charge in [-0.25, -0.2) is 0 Å². The molecule has 2 saturated heterocycles. The average Bonchev–Trinajstić information content (AvgIpc) is 2.68. The number of carbonyl (C=O) groups excluding carboxylic acids is 1. The lowest BCUT2D eigenvalue weighted by atomic mass is 9.71. The highest BCUT2D eigenvalue weighted by atomic mass is 16.5. The summed E-state index contributed by atoms with van der Waals surface area (Å²) in [6, 6.07) is 7.98. The first-order valence-corrected chi connectivity index (χ1v) is 10.5. The van der Waals surface area contributed by atoms with E-state index >= 15 is 0 Å². The molecule has 160 valence electrons. The fourth-order valence-corrected chi connectivity index (χ4v) is 4.70. The Kier molecular flexibility index (Phi) is 7.33. The Morgan fingerprint density at radius 3 is 2.72 bits per heavy atom. The summed E-state index contributed by atoms with van der Waals surface area (Å²) in [4.78, 5) is 18.6. The van der Waals surface area contributed by atoms with Gasteiger partial charge in [-0.15, -0.1) is 0 Å². The van der Waals surface area contributed by atoms with E-state index in [0.717, 1.165) is 56.8 Å². The van der Waals surface area contributed by atoms with Crippen LogP contribution in [-0.4, -0.2) is 92.3 Å². The second kappa shape index (κ2) is 9.74. The number of hydrogen-bond donors (Lipinski definition) is 1. The Morgan fingerprint density at radius 2 is 2.03 bits per heavy atom. The molecule has 1 amide bonds. The molecule has 2 aliphatic heterocycles. The predicted octanol–water partition coefficient (Wildman–Crippen LogP) is 1.95. The molecule has 1 unspecified atom stereocenters. The van der Waals surface area contributed by atoms with Crippen molar-refractivity contribution in [3.63, 3.8) is 0 Å². The van der Waals surface area contributed by atoms with Crippen molar-refractivity contribution in [1.29, 1.82) is 0 Å². The van der Waals surface area contributed by atoms with Crippen LogP contribution in [0.3, 0.4) is 0 Å². The Morgan fingerprint density at radius 1 is 1.31 bits per heavy atom. The van der Waals surface area contributed by atoms with E-state index in [0.29, 0.717) is 13.1 Å². The van der Waals surface area contributed by atoms with E-state index < -0.39 is 0 Å². The van der Waals surface area contributed by atoms with Crippen molar-refractivity contribution in [1.82, 2.24) is 14.7 Å². The topological polar surface area (TPSA) is 56.3 Å². The van der Waals surface area contributed by atoms with Crippen molar-refractivity contribution in [2.75, 3.05) is 60.5 Å². The van der Waals surface area contributed by atoms with Crippen molar-refractivity contribution < 1.29 is 14.6 Å². The number of amides is 1. The minimum Gasteiger partial charge on any atom is -0.496 e. The maximum atomic E-state index is 12.3. The number of likely N-dealkylation sites (tertiary alicyclic amines) is 2. The van der Waals surface area contributed by atoms with E-state index in [9.17, 15) is 9.90 Å². The van der Waals surface area contributed by atoms with Crippen LogP contribution in [0.1, 0.15) is 24.8 Å². The molecule has 1 N–H and O–H groups in total. The van der Waals surface area contributed by atoms with Gasteiger partial charge in [-0.3, -0.25) is 9.69 Å². The second-order valence-corrected chi connectivity index (χ2v) is 8.81. The van der Waals surface area contributed by atoms with Crippen LogP contribution in [0.5, 0.6) is 5.75 Å². The van der Waals surface area contributed by atoms with Crippen LogP contribution in [-0.2, 0) is 4.79 Å². The highest BCUT2D eigenvalue weighted by Crippen LogP contribution is 2.40. The molecular weight excluding hydrogens is 366 g/mol. The smallest absolute Gasteiger partial charge is 0.236 e. The number of para-hydroxylation sites is 1. The number of aliphatic hydroxyl groups excluding tert-OH is 1. The van der Waals surface area contributed by atoms with Gasteiger partial charge in [-0.2, -0.15) is 0 Å². The van der Waals surface area contributed by atoms with Crippen LogP contribution in [0.4, 0.5) is 0 Å². The molecule has 0 saturated carbocycles. The fourth-order valence-electron chi connectivity index (χ4n) is 4.70. The molecule has 1 aromatic carbocycles. The molecule has 0 bridgehead atoms. The number of benzene rings is 1. The highest BCUT2D eigenvalue weighted by Gasteiger charge is 2.41. The third kappa shape index (κ3) is 5.81. The molecule has 1 spiro atoms. The van der Waals surface area contributed by atoms with Gasteiger partial charge in [-0.05, 0) is 44.8 Å². The monoisotopic (exact) mass is 401 g/mol. The van der Waals surface area contributed by atoms with Gasteiger partial charge in [0.2, 0.25) is 5.91 Å². The first-order chi connectivity index (χ1) is 13.9. The zero-order valence-corrected chi connectivity index (χ0v) is 18.0.